The van der Waals surface area contributed by atoms with Crippen LogP contribution in [0.2, 0.25) is 5.02 Å². The van der Waals surface area contributed by atoms with Gasteiger partial charge in [-0.15, -0.1) is 11.3 Å². The maximum absolute atomic E-state index is 12.0. The molecule has 1 rings (SSSR count). The molecule has 0 amide bonds. The molecule has 0 saturated heterocycles. The third-order valence-corrected chi connectivity index (χ3v) is 6.90. The number of halogens is 2. The van der Waals surface area contributed by atoms with E-state index in [0.29, 0.717) is 21.9 Å². The van der Waals surface area contributed by atoms with Crippen molar-refractivity contribution in [2.75, 3.05) is 13.1 Å². The molecule has 0 radical (unpaired) electrons. The first kappa shape index (κ1) is 13.4. The summed E-state index contributed by atoms with van der Waals surface area (Å²) in [5.74, 6) is 0. The summed E-state index contributed by atoms with van der Waals surface area (Å²) in [6.07, 6.45) is 0. The van der Waals surface area contributed by atoms with Gasteiger partial charge in [0.25, 0.3) is 10.0 Å². The summed E-state index contributed by atoms with van der Waals surface area (Å²) in [4.78, 5) is 0. The van der Waals surface area contributed by atoms with Crippen LogP contribution in [0.15, 0.2) is 14.1 Å². The molecular formula is C8H11BrClNO2S2. The van der Waals surface area contributed by atoms with Gasteiger partial charge in [-0.2, -0.15) is 4.31 Å². The minimum absolute atomic E-state index is 0.281. The van der Waals surface area contributed by atoms with Gasteiger partial charge in [-0.05, 0) is 22.0 Å². The second-order valence-electron chi connectivity index (χ2n) is 2.78. The Kier molecular flexibility index (Phi) is 4.61. The average molecular weight is 333 g/mol. The van der Waals surface area contributed by atoms with Crippen LogP contribution in [0.3, 0.4) is 0 Å². The van der Waals surface area contributed by atoms with E-state index in [1.165, 1.54) is 10.4 Å². The molecule has 0 saturated carbocycles. The van der Waals surface area contributed by atoms with Gasteiger partial charge in [0.1, 0.15) is 4.21 Å². The van der Waals surface area contributed by atoms with Crippen molar-refractivity contribution in [1.82, 2.24) is 4.31 Å². The van der Waals surface area contributed by atoms with E-state index >= 15 is 0 Å². The van der Waals surface area contributed by atoms with E-state index in [0.717, 1.165) is 11.3 Å². The molecule has 3 nitrogen and oxygen atoms in total. The maximum Gasteiger partial charge on any atom is 0.252 e. The largest absolute Gasteiger partial charge is 0.252 e. The molecule has 7 heteroatoms. The first-order valence-corrected chi connectivity index (χ1v) is 7.81. The second kappa shape index (κ2) is 5.14. The summed E-state index contributed by atoms with van der Waals surface area (Å²) in [7, 11) is -3.37. The highest BCUT2D eigenvalue weighted by atomic mass is 79.9. The zero-order valence-electron chi connectivity index (χ0n) is 8.33. The van der Waals surface area contributed by atoms with Crippen LogP contribution in [0.25, 0.3) is 0 Å². The van der Waals surface area contributed by atoms with Gasteiger partial charge in [0.2, 0.25) is 0 Å². The van der Waals surface area contributed by atoms with Gasteiger partial charge in [0.15, 0.2) is 0 Å². The maximum atomic E-state index is 12.0. The highest BCUT2D eigenvalue weighted by molar-refractivity contribution is 9.11. The van der Waals surface area contributed by atoms with E-state index in [4.69, 9.17) is 11.6 Å². The van der Waals surface area contributed by atoms with Crippen LogP contribution in [-0.2, 0) is 10.0 Å². The number of rotatable bonds is 4. The van der Waals surface area contributed by atoms with Crippen LogP contribution in [0.5, 0.6) is 0 Å². The summed E-state index contributed by atoms with van der Waals surface area (Å²) < 4.78 is 26.4. The van der Waals surface area contributed by atoms with Crippen LogP contribution >= 0.6 is 38.9 Å². The zero-order chi connectivity index (χ0) is 11.6. The molecule has 0 aromatic carbocycles. The fraction of sp³-hybridized carbons (Fsp3) is 0.500. The zero-order valence-corrected chi connectivity index (χ0v) is 12.3. The van der Waals surface area contributed by atoms with Gasteiger partial charge in [-0.3, -0.25) is 0 Å². The number of hydrogen-bond donors (Lipinski definition) is 0. The Balaban J connectivity index is 3.16. The number of sulfonamides is 1. The number of thiophene rings is 1. The van der Waals surface area contributed by atoms with Gasteiger partial charge < -0.3 is 0 Å². The van der Waals surface area contributed by atoms with Gasteiger partial charge in [0.05, 0.1) is 8.81 Å². The number of nitrogens with zero attached hydrogens (tertiary/aromatic N) is 1. The monoisotopic (exact) mass is 331 g/mol. The Hall–Kier alpha value is 0.380. The molecule has 86 valence electrons. The summed E-state index contributed by atoms with van der Waals surface area (Å²) >= 11 is 10.1. The molecule has 1 heterocycles. The minimum atomic E-state index is -3.37. The topological polar surface area (TPSA) is 37.4 Å². The molecule has 1 aromatic heterocycles. The van der Waals surface area contributed by atoms with Gasteiger partial charge >= 0.3 is 0 Å². The molecule has 0 aliphatic carbocycles. The van der Waals surface area contributed by atoms with Crippen molar-refractivity contribution < 1.29 is 8.42 Å². The Morgan fingerprint density at radius 1 is 1.47 bits per heavy atom. The van der Waals surface area contributed by atoms with E-state index in [1.54, 1.807) is 0 Å². The Morgan fingerprint density at radius 3 is 2.33 bits per heavy atom. The smallest absolute Gasteiger partial charge is 0.206 e. The van der Waals surface area contributed by atoms with Crippen LogP contribution < -0.4 is 0 Å². The van der Waals surface area contributed by atoms with E-state index in [1.807, 2.05) is 13.8 Å². The lowest BCUT2D eigenvalue weighted by atomic mass is 10.7. The van der Waals surface area contributed by atoms with Crippen molar-refractivity contribution in [3.8, 4) is 0 Å². The van der Waals surface area contributed by atoms with Crippen molar-refractivity contribution in [2.24, 2.45) is 0 Å². The van der Waals surface area contributed by atoms with E-state index in [-0.39, 0.29) is 4.21 Å². The summed E-state index contributed by atoms with van der Waals surface area (Å²) in [5, 5.41) is 0.436. The molecule has 0 fully saturated rings. The predicted octanol–water partition coefficient (Wildman–Crippen LogP) is 3.19. The molecule has 0 spiro atoms. The van der Waals surface area contributed by atoms with E-state index in [9.17, 15) is 8.42 Å². The Morgan fingerprint density at radius 2 is 2.00 bits per heavy atom. The summed E-state index contributed by atoms with van der Waals surface area (Å²) in [6, 6.07) is 1.48. The minimum Gasteiger partial charge on any atom is -0.206 e. The first-order chi connectivity index (χ1) is 6.93. The van der Waals surface area contributed by atoms with Crippen molar-refractivity contribution in [2.45, 2.75) is 18.1 Å². The lowest BCUT2D eigenvalue weighted by molar-refractivity contribution is 0.447. The van der Waals surface area contributed by atoms with Crippen LogP contribution in [0.1, 0.15) is 13.8 Å². The molecule has 0 unspecified atom stereocenters. The van der Waals surface area contributed by atoms with Crippen LogP contribution in [-0.4, -0.2) is 25.8 Å². The average Bonchev–Trinajstić information content (AvgIpc) is 2.49. The fourth-order valence-electron chi connectivity index (χ4n) is 1.14. The fourth-order valence-corrected chi connectivity index (χ4v) is 5.16. The van der Waals surface area contributed by atoms with Crippen molar-refractivity contribution in [3.63, 3.8) is 0 Å². The molecule has 1 aromatic rings. The van der Waals surface area contributed by atoms with Crippen LogP contribution in [0.4, 0.5) is 0 Å². The predicted molar refractivity (Wildman–Crippen MR) is 67.1 cm³/mol. The van der Waals surface area contributed by atoms with Gasteiger partial charge in [0, 0.05) is 13.1 Å². The normalized spacial score (nSPS) is 12.3. The highest BCUT2D eigenvalue weighted by Crippen LogP contribution is 2.35. The highest BCUT2D eigenvalue weighted by Gasteiger charge is 2.24. The van der Waals surface area contributed by atoms with Gasteiger partial charge in [-0.1, -0.05) is 25.4 Å². The molecule has 0 bridgehead atoms. The third-order valence-electron chi connectivity index (χ3n) is 1.92. The third kappa shape index (κ3) is 2.74. The molecule has 0 aliphatic rings. The van der Waals surface area contributed by atoms with E-state index in [2.05, 4.69) is 15.9 Å². The molecule has 15 heavy (non-hydrogen) atoms. The summed E-state index contributed by atoms with van der Waals surface area (Å²) in [6.45, 7) is 4.55. The second-order valence-corrected chi connectivity index (χ2v) is 7.72. The number of hydrogen-bond acceptors (Lipinski definition) is 3. The Labute approximate surface area is 107 Å². The summed E-state index contributed by atoms with van der Waals surface area (Å²) in [5.41, 5.74) is 0. The molecule has 0 atom stereocenters. The SMILES string of the molecule is CCN(CC)S(=O)(=O)c1cc(Cl)c(Br)s1. The van der Waals surface area contributed by atoms with Gasteiger partial charge in [-0.25, -0.2) is 8.42 Å². The molecule has 0 N–H and O–H groups in total. The molecule has 0 aliphatic heterocycles. The quantitative estimate of drug-likeness (QED) is 0.849. The first-order valence-electron chi connectivity index (χ1n) is 4.38. The van der Waals surface area contributed by atoms with Crippen molar-refractivity contribution in [1.29, 1.82) is 0 Å². The van der Waals surface area contributed by atoms with E-state index < -0.39 is 10.0 Å². The van der Waals surface area contributed by atoms with Crippen LogP contribution in [0, 0.1) is 0 Å². The lowest BCUT2D eigenvalue weighted by Gasteiger charge is -2.16. The van der Waals surface area contributed by atoms with Crippen molar-refractivity contribution in [3.05, 3.63) is 14.9 Å². The molecular weight excluding hydrogens is 322 g/mol. The lowest BCUT2D eigenvalue weighted by Crippen LogP contribution is -2.29. The Bertz CT molecular complexity index is 420. The standard InChI is InChI=1S/C8H11BrClNO2S2/c1-3-11(4-2)15(12,13)7-5-6(10)8(9)14-7/h5H,3-4H2,1-2H3. The van der Waals surface area contributed by atoms with Crippen molar-refractivity contribution >= 4 is 48.9 Å².